The van der Waals surface area contributed by atoms with Crippen molar-refractivity contribution >= 4 is 11.7 Å². The van der Waals surface area contributed by atoms with E-state index in [1.165, 1.54) is 0 Å². The van der Waals surface area contributed by atoms with Crippen molar-refractivity contribution in [3.8, 4) is 0 Å². The average molecular weight is 291 g/mol. The first-order chi connectivity index (χ1) is 10.1. The van der Waals surface area contributed by atoms with Gasteiger partial charge in [-0.2, -0.15) is 0 Å². The van der Waals surface area contributed by atoms with E-state index in [4.69, 9.17) is 0 Å². The summed E-state index contributed by atoms with van der Waals surface area (Å²) in [4.78, 5) is 18.9. The quantitative estimate of drug-likeness (QED) is 0.871. The molecule has 1 aliphatic heterocycles. The van der Waals surface area contributed by atoms with Crippen LogP contribution in [0.5, 0.6) is 0 Å². The third kappa shape index (κ3) is 4.17. The second-order valence-corrected chi connectivity index (χ2v) is 5.56. The molecule has 0 bridgehead atoms. The molecule has 116 valence electrons. The topological polar surface area (TPSA) is 65.5 Å². The lowest BCUT2D eigenvalue weighted by atomic mass is 10.1. The van der Waals surface area contributed by atoms with Crippen molar-refractivity contribution in [3.63, 3.8) is 0 Å². The summed E-state index contributed by atoms with van der Waals surface area (Å²) < 4.78 is 0. The van der Waals surface area contributed by atoms with E-state index < -0.39 is 6.10 Å². The minimum atomic E-state index is -0.395. The lowest BCUT2D eigenvalue weighted by Gasteiger charge is -2.30. The average Bonchev–Trinajstić information content (AvgIpc) is 2.47. The number of pyridine rings is 1. The van der Waals surface area contributed by atoms with Crippen LogP contribution in [0.1, 0.15) is 49.2 Å². The number of aryl methyl sites for hydroxylation is 1. The standard InChI is InChI=1S/C16H25N3O2/c1-3-6-13-9-12(10-15(18-13)17-4-2)16(21)19-8-5-7-14(20)11-19/h9-10,14,20H,3-8,11H2,1-2H3,(H,17,18). The molecule has 0 aromatic carbocycles. The van der Waals surface area contributed by atoms with Crippen molar-refractivity contribution in [2.75, 3.05) is 25.0 Å². The number of piperidine rings is 1. The lowest BCUT2D eigenvalue weighted by molar-refractivity contribution is 0.0473. The van der Waals surface area contributed by atoms with E-state index in [0.717, 1.165) is 50.3 Å². The zero-order chi connectivity index (χ0) is 15.2. The van der Waals surface area contributed by atoms with E-state index in [9.17, 15) is 9.90 Å². The highest BCUT2D eigenvalue weighted by Gasteiger charge is 2.23. The van der Waals surface area contributed by atoms with Crippen LogP contribution in [0, 0.1) is 0 Å². The van der Waals surface area contributed by atoms with Gasteiger partial charge in [0.05, 0.1) is 6.10 Å². The first kappa shape index (κ1) is 15.8. The first-order valence-corrected chi connectivity index (χ1v) is 7.86. The Bertz CT molecular complexity index is 466. The molecule has 2 rings (SSSR count). The van der Waals surface area contributed by atoms with E-state index in [0.29, 0.717) is 12.1 Å². The van der Waals surface area contributed by atoms with Gasteiger partial charge in [-0.3, -0.25) is 4.79 Å². The Morgan fingerprint density at radius 1 is 1.48 bits per heavy atom. The molecule has 1 amide bonds. The van der Waals surface area contributed by atoms with Crippen molar-refractivity contribution in [1.29, 1.82) is 0 Å². The van der Waals surface area contributed by atoms with Gasteiger partial charge in [-0.05, 0) is 38.3 Å². The largest absolute Gasteiger partial charge is 0.391 e. The van der Waals surface area contributed by atoms with E-state index in [1.54, 1.807) is 4.90 Å². The monoisotopic (exact) mass is 291 g/mol. The fourth-order valence-electron chi connectivity index (χ4n) is 2.69. The molecule has 1 fully saturated rings. The van der Waals surface area contributed by atoms with Crippen LogP contribution in [0.2, 0.25) is 0 Å². The minimum Gasteiger partial charge on any atom is -0.391 e. The number of nitrogens with zero attached hydrogens (tertiary/aromatic N) is 2. The Labute approximate surface area is 126 Å². The highest BCUT2D eigenvalue weighted by Crippen LogP contribution is 2.17. The van der Waals surface area contributed by atoms with Crippen molar-refractivity contribution in [1.82, 2.24) is 9.88 Å². The number of aliphatic hydroxyl groups is 1. The van der Waals surface area contributed by atoms with E-state index in [1.807, 2.05) is 19.1 Å². The Balaban J connectivity index is 2.21. The number of carbonyl (C=O) groups excluding carboxylic acids is 1. The van der Waals surface area contributed by atoms with E-state index in [2.05, 4.69) is 17.2 Å². The van der Waals surface area contributed by atoms with Crippen LogP contribution < -0.4 is 5.32 Å². The summed E-state index contributed by atoms with van der Waals surface area (Å²) in [5, 5.41) is 12.9. The molecule has 0 aliphatic carbocycles. The van der Waals surface area contributed by atoms with Gasteiger partial charge in [-0.15, -0.1) is 0 Å². The first-order valence-electron chi connectivity index (χ1n) is 7.86. The van der Waals surface area contributed by atoms with Gasteiger partial charge < -0.3 is 15.3 Å². The summed E-state index contributed by atoms with van der Waals surface area (Å²) in [7, 11) is 0. The Morgan fingerprint density at radius 3 is 2.95 bits per heavy atom. The molecule has 1 aliphatic rings. The minimum absolute atomic E-state index is 0.00680. The van der Waals surface area contributed by atoms with Crippen LogP contribution in [0.4, 0.5) is 5.82 Å². The molecule has 0 radical (unpaired) electrons. The number of amides is 1. The predicted molar refractivity (Wildman–Crippen MR) is 83.5 cm³/mol. The third-order valence-corrected chi connectivity index (χ3v) is 3.67. The zero-order valence-electron chi connectivity index (χ0n) is 12.9. The molecule has 0 spiro atoms. The Hall–Kier alpha value is -1.62. The Kier molecular flexibility index (Phi) is 5.56. The third-order valence-electron chi connectivity index (χ3n) is 3.67. The molecule has 0 saturated carbocycles. The molecule has 2 N–H and O–H groups in total. The van der Waals surface area contributed by atoms with Gasteiger partial charge >= 0.3 is 0 Å². The predicted octanol–water partition coefficient (Wildman–Crippen LogP) is 2.06. The molecule has 1 unspecified atom stereocenters. The summed E-state index contributed by atoms with van der Waals surface area (Å²) >= 11 is 0. The second kappa shape index (κ2) is 7.41. The zero-order valence-corrected chi connectivity index (χ0v) is 12.9. The van der Waals surface area contributed by atoms with Crippen LogP contribution in [-0.2, 0) is 6.42 Å². The van der Waals surface area contributed by atoms with Crippen molar-refractivity contribution in [3.05, 3.63) is 23.4 Å². The van der Waals surface area contributed by atoms with Gasteiger partial charge in [-0.1, -0.05) is 13.3 Å². The van der Waals surface area contributed by atoms with Crippen LogP contribution in [0.3, 0.4) is 0 Å². The number of hydrogen-bond acceptors (Lipinski definition) is 4. The molecule has 5 nitrogen and oxygen atoms in total. The molecule has 2 heterocycles. The van der Waals surface area contributed by atoms with Crippen LogP contribution in [0.15, 0.2) is 12.1 Å². The normalized spacial score (nSPS) is 18.6. The van der Waals surface area contributed by atoms with Crippen LogP contribution >= 0.6 is 0 Å². The number of likely N-dealkylation sites (tertiary alicyclic amines) is 1. The van der Waals surface area contributed by atoms with Crippen molar-refractivity contribution in [2.24, 2.45) is 0 Å². The highest BCUT2D eigenvalue weighted by atomic mass is 16.3. The number of hydrogen-bond donors (Lipinski definition) is 2. The molecule has 1 atom stereocenters. The molecule has 1 aromatic rings. The van der Waals surface area contributed by atoms with Crippen molar-refractivity contribution in [2.45, 2.75) is 45.6 Å². The maximum atomic E-state index is 12.6. The number of anilines is 1. The number of rotatable bonds is 5. The molecule has 1 saturated heterocycles. The fourth-order valence-corrected chi connectivity index (χ4v) is 2.69. The van der Waals surface area contributed by atoms with Gasteiger partial charge in [0, 0.05) is 30.9 Å². The second-order valence-electron chi connectivity index (χ2n) is 5.56. The summed E-state index contributed by atoms with van der Waals surface area (Å²) in [6, 6.07) is 3.69. The lowest BCUT2D eigenvalue weighted by Crippen LogP contribution is -2.42. The van der Waals surface area contributed by atoms with Gasteiger partial charge in [0.25, 0.3) is 5.91 Å². The van der Waals surface area contributed by atoms with Gasteiger partial charge in [0.2, 0.25) is 0 Å². The number of aliphatic hydroxyl groups excluding tert-OH is 1. The van der Waals surface area contributed by atoms with Crippen LogP contribution in [-0.4, -0.2) is 46.6 Å². The summed E-state index contributed by atoms with van der Waals surface area (Å²) in [5.41, 5.74) is 1.61. The number of aromatic nitrogens is 1. The number of β-amino-alcohol motifs (C(OH)–C–C–N with tert-alkyl or cyclic N) is 1. The number of carbonyl (C=O) groups is 1. The molecule has 5 heteroatoms. The van der Waals surface area contributed by atoms with Gasteiger partial charge in [0.15, 0.2) is 0 Å². The Morgan fingerprint density at radius 2 is 2.29 bits per heavy atom. The van der Waals surface area contributed by atoms with E-state index in [-0.39, 0.29) is 5.91 Å². The van der Waals surface area contributed by atoms with E-state index >= 15 is 0 Å². The SMILES string of the molecule is CCCc1cc(C(=O)N2CCCC(O)C2)cc(NCC)n1. The van der Waals surface area contributed by atoms with Gasteiger partial charge in [-0.25, -0.2) is 4.98 Å². The summed E-state index contributed by atoms with van der Waals surface area (Å²) in [6.45, 7) is 6.04. The highest BCUT2D eigenvalue weighted by molar-refractivity contribution is 5.95. The molecule has 1 aromatic heterocycles. The summed E-state index contributed by atoms with van der Waals surface area (Å²) in [5.74, 6) is 0.747. The maximum absolute atomic E-state index is 12.6. The number of nitrogens with one attached hydrogen (secondary N) is 1. The van der Waals surface area contributed by atoms with Crippen LogP contribution in [0.25, 0.3) is 0 Å². The molecular weight excluding hydrogens is 266 g/mol. The smallest absolute Gasteiger partial charge is 0.254 e. The van der Waals surface area contributed by atoms with Crippen molar-refractivity contribution < 1.29 is 9.90 Å². The molecular formula is C16H25N3O2. The maximum Gasteiger partial charge on any atom is 0.254 e. The molecule has 21 heavy (non-hydrogen) atoms. The van der Waals surface area contributed by atoms with Gasteiger partial charge in [0.1, 0.15) is 5.82 Å². The summed E-state index contributed by atoms with van der Waals surface area (Å²) in [6.07, 6.45) is 3.11. The fraction of sp³-hybridized carbons (Fsp3) is 0.625.